The number of rotatable bonds is 5. The summed E-state index contributed by atoms with van der Waals surface area (Å²) < 4.78 is 35.3. The lowest BCUT2D eigenvalue weighted by Crippen LogP contribution is -2.32. The topological polar surface area (TPSA) is 77.1 Å². The molecule has 3 aromatic rings. The fraction of sp³-hybridized carbons (Fsp3) is 0.389. The van der Waals surface area contributed by atoms with Gasteiger partial charge in [0.15, 0.2) is 5.76 Å². The first-order chi connectivity index (χ1) is 11.8. The molecule has 4 rings (SSSR count). The highest BCUT2D eigenvalue weighted by atomic mass is 32.2. The van der Waals surface area contributed by atoms with E-state index < -0.39 is 10.0 Å². The van der Waals surface area contributed by atoms with E-state index in [2.05, 4.69) is 32.8 Å². The van der Waals surface area contributed by atoms with Crippen molar-refractivity contribution in [2.45, 2.75) is 37.0 Å². The van der Waals surface area contributed by atoms with Crippen molar-refractivity contribution in [3.63, 3.8) is 0 Å². The van der Waals surface area contributed by atoms with Crippen LogP contribution in [0.15, 0.2) is 39.9 Å². The Morgan fingerprint density at radius 1 is 1.28 bits per heavy atom. The second kappa shape index (κ2) is 5.44. The standard InChI is InChI=1S/C18H21N3O3S/c1-12-17(13(2)24-20-12)25(22,23)19-11-18(8-9-18)15-10-21(3)16-7-5-4-6-14(15)16/h4-7,10,19H,8-9,11H2,1-3H3. The van der Waals surface area contributed by atoms with Crippen LogP contribution in [0.1, 0.15) is 29.9 Å². The predicted molar refractivity (Wildman–Crippen MR) is 95.0 cm³/mol. The second-order valence-electron chi connectivity index (χ2n) is 6.93. The molecule has 0 radical (unpaired) electrons. The van der Waals surface area contributed by atoms with Gasteiger partial charge in [-0.15, -0.1) is 0 Å². The van der Waals surface area contributed by atoms with Crippen LogP contribution in [0.2, 0.25) is 0 Å². The zero-order chi connectivity index (χ0) is 17.8. The van der Waals surface area contributed by atoms with E-state index in [0.717, 1.165) is 18.4 Å². The lowest BCUT2D eigenvalue weighted by molar-refractivity contribution is 0.390. The van der Waals surface area contributed by atoms with Gasteiger partial charge in [0, 0.05) is 36.1 Å². The molecule has 0 amide bonds. The van der Waals surface area contributed by atoms with E-state index in [1.165, 1.54) is 10.9 Å². The third-order valence-electron chi connectivity index (χ3n) is 5.16. The molecule has 0 saturated heterocycles. The van der Waals surface area contributed by atoms with Crippen LogP contribution in [0.5, 0.6) is 0 Å². The molecule has 0 spiro atoms. The molecule has 6 nitrogen and oxygen atoms in total. The van der Waals surface area contributed by atoms with Crippen LogP contribution >= 0.6 is 0 Å². The monoisotopic (exact) mass is 359 g/mol. The molecule has 0 unspecified atom stereocenters. The molecule has 1 aliphatic carbocycles. The number of hydrogen-bond donors (Lipinski definition) is 1. The first kappa shape index (κ1) is 16.4. The Hall–Kier alpha value is -2.12. The zero-order valence-electron chi connectivity index (χ0n) is 14.5. The molecule has 2 aromatic heterocycles. The van der Waals surface area contributed by atoms with Crippen molar-refractivity contribution in [3.05, 3.63) is 47.5 Å². The van der Waals surface area contributed by atoms with Gasteiger partial charge in [-0.2, -0.15) is 0 Å². The average Bonchev–Trinajstić information content (AvgIpc) is 3.19. The van der Waals surface area contributed by atoms with E-state index in [9.17, 15) is 8.42 Å². The van der Waals surface area contributed by atoms with Gasteiger partial charge in [0.1, 0.15) is 10.6 Å². The third kappa shape index (κ3) is 2.58. The minimum atomic E-state index is -3.64. The van der Waals surface area contributed by atoms with Gasteiger partial charge in [-0.25, -0.2) is 13.1 Å². The molecular formula is C18H21N3O3S. The molecule has 1 aromatic carbocycles. The summed E-state index contributed by atoms with van der Waals surface area (Å²) in [7, 11) is -1.62. The SMILES string of the molecule is Cc1noc(C)c1S(=O)(=O)NCC1(c2cn(C)c3ccccc23)CC1. The van der Waals surface area contributed by atoms with E-state index in [0.29, 0.717) is 18.0 Å². The second-order valence-corrected chi connectivity index (χ2v) is 8.63. The quantitative estimate of drug-likeness (QED) is 0.760. The highest BCUT2D eigenvalue weighted by Gasteiger charge is 2.46. The van der Waals surface area contributed by atoms with E-state index in [4.69, 9.17) is 4.52 Å². The molecule has 132 valence electrons. The number of aromatic nitrogens is 2. The van der Waals surface area contributed by atoms with Crippen molar-refractivity contribution >= 4 is 20.9 Å². The number of hydrogen-bond acceptors (Lipinski definition) is 4. The maximum absolute atomic E-state index is 12.7. The highest BCUT2D eigenvalue weighted by molar-refractivity contribution is 7.89. The maximum Gasteiger partial charge on any atom is 0.245 e. The maximum atomic E-state index is 12.7. The van der Waals surface area contributed by atoms with Gasteiger partial charge in [-0.05, 0) is 38.3 Å². The highest BCUT2D eigenvalue weighted by Crippen LogP contribution is 2.50. The molecule has 1 saturated carbocycles. The Bertz CT molecular complexity index is 1040. The summed E-state index contributed by atoms with van der Waals surface area (Å²) in [5, 5.41) is 4.94. The van der Waals surface area contributed by atoms with Gasteiger partial charge < -0.3 is 9.09 Å². The zero-order valence-corrected chi connectivity index (χ0v) is 15.4. The molecule has 1 N–H and O–H groups in total. The summed E-state index contributed by atoms with van der Waals surface area (Å²) in [6.45, 7) is 3.64. The first-order valence-corrected chi connectivity index (χ1v) is 9.79. The first-order valence-electron chi connectivity index (χ1n) is 8.31. The molecule has 1 fully saturated rings. The molecule has 25 heavy (non-hydrogen) atoms. The average molecular weight is 359 g/mol. The van der Waals surface area contributed by atoms with Crippen LogP contribution in [0, 0.1) is 13.8 Å². The minimum Gasteiger partial charge on any atom is -0.360 e. The van der Waals surface area contributed by atoms with Crippen LogP contribution in [-0.2, 0) is 22.5 Å². The summed E-state index contributed by atoms with van der Waals surface area (Å²) in [5.41, 5.74) is 2.64. The van der Waals surface area contributed by atoms with Crippen LogP contribution in [0.3, 0.4) is 0 Å². The van der Waals surface area contributed by atoms with Gasteiger partial charge in [0.25, 0.3) is 0 Å². The molecule has 0 bridgehead atoms. The molecule has 1 aliphatic rings. The Kier molecular flexibility index (Phi) is 3.56. The Balaban J connectivity index is 1.65. The predicted octanol–water partition coefficient (Wildman–Crippen LogP) is 2.79. The van der Waals surface area contributed by atoms with E-state index in [1.54, 1.807) is 13.8 Å². The summed E-state index contributed by atoms with van der Waals surface area (Å²) in [4.78, 5) is 0.154. The van der Waals surface area contributed by atoms with Crippen molar-refractivity contribution in [2.75, 3.05) is 6.54 Å². The van der Waals surface area contributed by atoms with Crippen molar-refractivity contribution in [2.24, 2.45) is 7.05 Å². The number of benzene rings is 1. The van der Waals surface area contributed by atoms with E-state index >= 15 is 0 Å². The lowest BCUT2D eigenvalue weighted by Gasteiger charge is -2.16. The number of nitrogens with one attached hydrogen (secondary N) is 1. The Labute approximate surface area is 146 Å². The van der Waals surface area contributed by atoms with Crippen molar-refractivity contribution in [1.29, 1.82) is 0 Å². The van der Waals surface area contributed by atoms with Gasteiger partial charge >= 0.3 is 0 Å². The number of sulfonamides is 1. The Morgan fingerprint density at radius 3 is 2.64 bits per heavy atom. The smallest absolute Gasteiger partial charge is 0.245 e. The normalized spacial score (nSPS) is 16.4. The minimum absolute atomic E-state index is 0.132. The van der Waals surface area contributed by atoms with Crippen LogP contribution < -0.4 is 4.72 Å². The fourth-order valence-electron chi connectivity index (χ4n) is 3.62. The van der Waals surface area contributed by atoms with Gasteiger partial charge in [0.05, 0.1) is 0 Å². The number of nitrogens with zero attached hydrogens (tertiary/aromatic N) is 2. The fourth-order valence-corrected chi connectivity index (χ4v) is 5.07. The van der Waals surface area contributed by atoms with Crippen LogP contribution in [0.25, 0.3) is 10.9 Å². The summed E-state index contributed by atoms with van der Waals surface area (Å²) >= 11 is 0. The molecule has 0 aliphatic heterocycles. The van der Waals surface area contributed by atoms with Gasteiger partial charge in [-0.3, -0.25) is 0 Å². The largest absolute Gasteiger partial charge is 0.360 e. The molecule has 7 heteroatoms. The number of fused-ring (bicyclic) bond motifs is 1. The number of para-hydroxylation sites is 1. The van der Waals surface area contributed by atoms with Crippen LogP contribution in [0.4, 0.5) is 0 Å². The van der Waals surface area contributed by atoms with Crippen molar-refractivity contribution in [3.8, 4) is 0 Å². The van der Waals surface area contributed by atoms with Crippen molar-refractivity contribution < 1.29 is 12.9 Å². The van der Waals surface area contributed by atoms with E-state index in [1.807, 2.05) is 19.2 Å². The van der Waals surface area contributed by atoms with Gasteiger partial charge in [-0.1, -0.05) is 23.4 Å². The third-order valence-corrected chi connectivity index (χ3v) is 6.80. The van der Waals surface area contributed by atoms with Crippen molar-refractivity contribution in [1.82, 2.24) is 14.4 Å². The molecule has 0 atom stereocenters. The summed E-state index contributed by atoms with van der Waals surface area (Å²) in [5.74, 6) is 0.319. The number of aryl methyl sites for hydroxylation is 3. The van der Waals surface area contributed by atoms with Crippen LogP contribution in [-0.4, -0.2) is 24.7 Å². The summed E-state index contributed by atoms with van der Waals surface area (Å²) in [6.07, 6.45) is 4.08. The Morgan fingerprint density at radius 2 is 2.00 bits per heavy atom. The summed E-state index contributed by atoms with van der Waals surface area (Å²) in [6, 6.07) is 8.23. The molecule has 2 heterocycles. The van der Waals surface area contributed by atoms with E-state index in [-0.39, 0.29) is 10.3 Å². The lowest BCUT2D eigenvalue weighted by atomic mass is 9.96. The van der Waals surface area contributed by atoms with Gasteiger partial charge in [0.2, 0.25) is 10.0 Å². The molecular weight excluding hydrogens is 338 g/mol.